The molecule has 0 aromatic carbocycles. The van der Waals surface area contributed by atoms with E-state index < -0.39 is 0 Å². The van der Waals surface area contributed by atoms with Crippen LogP contribution in [-0.4, -0.2) is 50.4 Å². The molecule has 0 amide bonds. The fraction of sp³-hybridized carbons (Fsp3) is 0.400. The molecule has 5 heterocycles. The van der Waals surface area contributed by atoms with Crippen molar-refractivity contribution in [2.45, 2.75) is 40.2 Å². The van der Waals surface area contributed by atoms with Crippen LogP contribution in [0.1, 0.15) is 34.1 Å². The highest BCUT2D eigenvalue weighted by atomic mass is 16.5. The van der Waals surface area contributed by atoms with E-state index in [1.54, 1.807) is 11.8 Å². The first-order chi connectivity index (χ1) is 16.2. The Bertz CT molecular complexity index is 1160. The number of fused-ring (bicyclic) bond motifs is 1. The number of hydrogen-bond donors (Lipinski definition) is 2. The fourth-order valence-corrected chi connectivity index (χ4v) is 3.79. The first-order valence-corrected chi connectivity index (χ1v) is 11.7. The number of imidazole rings is 1. The molecule has 8 nitrogen and oxygen atoms in total. The number of anilines is 1. The Morgan fingerprint density at radius 1 is 1.12 bits per heavy atom. The molecule has 176 valence electrons. The molecule has 0 saturated carbocycles. The monoisotopic (exact) mass is 449 g/mol. The van der Waals surface area contributed by atoms with Gasteiger partial charge >= 0.3 is 0 Å². The maximum atomic E-state index is 5.60. The summed E-state index contributed by atoms with van der Waals surface area (Å²) in [4.78, 5) is 9.40. The Labute approximate surface area is 196 Å². The molecule has 1 aliphatic rings. The number of hydrogen-bond acceptors (Lipinski definition) is 6. The fourth-order valence-electron chi connectivity index (χ4n) is 3.79. The van der Waals surface area contributed by atoms with Crippen molar-refractivity contribution in [1.82, 2.24) is 29.5 Å². The van der Waals surface area contributed by atoms with Crippen molar-refractivity contribution in [1.29, 1.82) is 0 Å². The summed E-state index contributed by atoms with van der Waals surface area (Å²) in [6.45, 7) is 10.0. The van der Waals surface area contributed by atoms with Crippen LogP contribution in [0.25, 0.3) is 28.2 Å². The number of nitrogens with one attached hydrogen (secondary N) is 2. The predicted octanol–water partition coefficient (Wildman–Crippen LogP) is 4.63. The average Bonchev–Trinajstić information content (AvgIpc) is 3.62. The molecule has 33 heavy (non-hydrogen) atoms. The van der Waals surface area contributed by atoms with Crippen molar-refractivity contribution >= 4 is 11.5 Å². The van der Waals surface area contributed by atoms with E-state index in [2.05, 4.69) is 20.7 Å². The molecule has 0 radical (unpaired) electrons. The Morgan fingerprint density at radius 2 is 1.94 bits per heavy atom. The highest BCUT2D eigenvalue weighted by molar-refractivity contribution is 5.73. The van der Waals surface area contributed by atoms with Crippen molar-refractivity contribution in [2.75, 3.05) is 25.5 Å². The SMILES string of the molecule is CC.CC.COc1cc2ncc(-c3cccc(NC4CCNC4)n3)n2cc1-c1cnn(C)c1. The van der Waals surface area contributed by atoms with Crippen molar-refractivity contribution in [3.63, 3.8) is 0 Å². The van der Waals surface area contributed by atoms with Crippen molar-refractivity contribution in [2.24, 2.45) is 7.05 Å². The summed E-state index contributed by atoms with van der Waals surface area (Å²) in [5.41, 5.74) is 4.56. The van der Waals surface area contributed by atoms with Crippen LogP contribution in [0.5, 0.6) is 5.75 Å². The van der Waals surface area contributed by atoms with Crippen LogP contribution in [0.15, 0.2) is 49.1 Å². The summed E-state index contributed by atoms with van der Waals surface area (Å²) >= 11 is 0. The topological polar surface area (TPSA) is 81.3 Å². The molecular weight excluding hydrogens is 414 g/mol. The maximum absolute atomic E-state index is 5.60. The van der Waals surface area contributed by atoms with E-state index in [1.807, 2.05) is 88.2 Å². The minimum Gasteiger partial charge on any atom is -0.496 e. The standard InChI is InChI=1S/C21H23N7O.2C2H6/c1-27-12-14(9-24-27)16-13-28-18(11-23-21(28)8-19(16)29-2)17-4-3-5-20(26-17)25-15-6-7-22-10-15;2*1-2/h3-5,8-9,11-13,15,22H,6-7,10H2,1-2H3,(H,25,26);2*1-2H3. The molecule has 1 unspecified atom stereocenters. The molecule has 0 spiro atoms. The second-order valence-corrected chi connectivity index (χ2v) is 7.27. The van der Waals surface area contributed by atoms with Gasteiger partial charge in [0.05, 0.1) is 30.9 Å². The highest BCUT2D eigenvalue weighted by Crippen LogP contribution is 2.32. The van der Waals surface area contributed by atoms with Gasteiger partial charge in [0.25, 0.3) is 0 Å². The molecule has 4 aromatic rings. The number of aryl methyl sites for hydroxylation is 1. The summed E-state index contributed by atoms with van der Waals surface area (Å²) in [6.07, 6.45) is 8.80. The van der Waals surface area contributed by atoms with E-state index in [-0.39, 0.29) is 0 Å². The summed E-state index contributed by atoms with van der Waals surface area (Å²) in [5, 5.41) is 11.2. The molecule has 1 aliphatic heterocycles. The van der Waals surface area contributed by atoms with Gasteiger partial charge in [0.2, 0.25) is 0 Å². The van der Waals surface area contributed by atoms with E-state index in [0.29, 0.717) is 6.04 Å². The molecule has 1 fully saturated rings. The molecule has 1 saturated heterocycles. The van der Waals surface area contributed by atoms with E-state index in [0.717, 1.165) is 59.2 Å². The van der Waals surface area contributed by atoms with Crippen LogP contribution < -0.4 is 15.4 Å². The first kappa shape index (κ1) is 24.3. The van der Waals surface area contributed by atoms with Gasteiger partial charge in [0.15, 0.2) is 0 Å². The summed E-state index contributed by atoms with van der Waals surface area (Å²) < 4.78 is 9.43. The normalized spacial score (nSPS) is 14.8. The summed E-state index contributed by atoms with van der Waals surface area (Å²) in [6, 6.07) is 8.40. The summed E-state index contributed by atoms with van der Waals surface area (Å²) in [7, 11) is 3.57. The molecule has 2 N–H and O–H groups in total. The molecule has 1 atom stereocenters. The zero-order chi connectivity index (χ0) is 23.8. The van der Waals surface area contributed by atoms with E-state index in [9.17, 15) is 0 Å². The number of nitrogens with zero attached hydrogens (tertiary/aromatic N) is 5. The van der Waals surface area contributed by atoms with E-state index >= 15 is 0 Å². The van der Waals surface area contributed by atoms with Crippen molar-refractivity contribution < 1.29 is 4.74 Å². The molecule has 0 bridgehead atoms. The van der Waals surface area contributed by atoms with Crippen LogP contribution in [0.3, 0.4) is 0 Å². The lowest BCUT2D eigenvalue weighted by atomic mass is 10.1. The van der Waals surface area contributed by atoms with E-state index in [4.69, 9.17) is 9.72 Å². The van der Waals surface area contributed by atoms with Gasteiger partial charge in [0, 0.05) is 49.2 Å². The first-order valence-electron chi connectivity index (χ1n) is 11.7. The second-order valence-electron chi connectivity index (χ2n) is 7.27. The molecule has 0 aliphatic carbocycles. The van der Waals surface area contributed by atoms with Gasteiger partial charge in [-0.25, -0.2) is 9.97 Å². The quantitative estimate of drug-likeness (QED) is 0.462. The lowest BCUT2D eigenvalue weighted by Gasteiger charge is -2.13. The smallest absolute Gasteiger partial charge is 0.140 e. The van der Waals surface area contributed by atoms with Gasteiger partial charge in [-0.2, -0.15) is 5.10 Å². The third-order valence-electron chi connectivity index (χ3n) is 5.27. The lowest BCUT2D eigenvalue weighted by molar-refractivity contribution is 0.416. The van der Waals surface area contributed by atoms with E-state index in [1.165, 1.54) is 0 Å². The Hall–Kier alpha value is -3.39. The van der Waals surface area contributed by atoms with Crippen LogP contribution in [-0.2, 0) is 7.05 Å². The number of ether oxygens (including phenoxy) is 1. The van der Waals surface area contributed by atoms with Gasteiger partial charge in [0.1, 0.15) is 17.2 Å². The molecular formula is C25H35N7O. The molecule has 4 aromatic heterocycles. The maximum Gasteiger partial charge on any atom is 0.140 e. The zero-order valence-corrected chi connectivity index (χ0v) is 20.5. The Morgan fingerprint density at radius 3 is 2.61 bits per heavy atom. The largest absolute Gasteiger partial charge is 0.496 e. The van der Waals surface area contributed by atoms with Gasteiger partial charge < -0.3 is 15.4 Å². The number of rotatable bonds is 5. The van der Waals surface area contributed by atoms with Crippen molar-refractivity contribution in [3.05, 3.63) is 49.1 Å². The minimum atomic E-state index is 0.418. The number of pyridine rings is 2. The van der Waals surface area contributed by atoms with Crippen molar-refractivity contribution in [3.8, 4) is 28.3 Å². The van der Waals surface area contributed by atoms with Gasteiger partial charge in [-0.3, -0.25) is 9.08 Å². The third-order valence-corrected chi connectivity index (χ3v) is 5.27. The van der Waals surface area contributed by atoms with Crippen LogP contribution in [0.4, 0.5) is 5.82 Å². The van der Waals surface area contributed by atoms with Crippen LogP contribution in [0, 0.1) is 0 Å². The van der Waals surface area contributed by atoms with Crippen LogP contribution >= 0.6 is 0 Å². The zero-order valence-electron chi connectivity index (χ0n) is 20.5. The number of methoxy groups -OCH3 is 1. The third kappa shape index (κ3) is 5.34. The van der Waals surface area contributed by atoms with Crippen LogP contribution in [0.2, 0.25) is 0 Å². The Balaban J connectivity index is 0.000000728. The minimum absolute atomic E-state index is 0.418. The van der Waals surface area contributed by atoms with Gasteiger partial charge in [-0.15, -0.1) is 0 Å². The second kappa shape index (κ2) is 11.5. The summed E-state index contributed by atoms with van der Waals surface area (Å²) in [5.74, 6) is 1.65. The lowest BCUT2D eigenvalue weighted by Crippen LogP contribution is -2.22. The average molecular weight is 450 g/mol. The van der Waals surface area contributed by atoms with Gasteiger partial charge in [-0.05, 0) is 25.1 Å². The molecule has 5 rings (SSSR count). The Kier molecular flexibility index (Phi) is 8.43. The highest BCUT2D eigenvalue weighted by Gasteiger charge is 2.17. The number of aromatic nitrogens is 5. The predicted molar refractivity (Wildman–Crippen MR) is 135 cm³/mol. The molecule has 8 heteroatoms. The van der Waals surface area contributed by atoms with Gasteiger partial charge in [-0.1, -0.05) is 33.8 Å².